The van der Waals surface area contributed by atoms with Gasteiger partial charge in [-0.1, -0.05) is 13.8 Å². The highest BCUT2D eigenvalue weighted by Gasteiger charge is 1.97. The Labute approximate surface area is 74.0 Å². The van der Waals surface area contributed by atoms with E-state index in [0.717, 1.165) is 6.54 Å². The summed E-state index contributed by atoms with van der Waals surface area (Å²) in [6.07, 6.45) is 3.74. The molecule has 1 aromatic rings. The average molecular weight is 164 g/mol. The van der Waals surface area contributed by atoms with Gasteiger partial charge >= 0.3 is 0 Å². The molecule has 2 heteroatoms. The van der Waals surface area contributed by atoms with Crippen molar-refractivity contribution in [2.45, 2.75) is 33.4 Å². The minimum atomic E-state index is 0.539. The summed E-state index contributed by atoms with van der Waals surface area (Å²) in [4.78, 5) is 4.04. The molecule has 1 rings (SSSR count). The van der Waals surface area contributed by atoms with Crippen molar-refractivity contribution in [1.82, 2.24) is 10.3 Å². The fraction of sp³-hybridized carbons (Fsp3) is 0.500. The molecule has 0 aliphatic carbocycles. The Morgan fingerprint density at radius 3 is 2.83 bits per heavy atom. The van der Waals surface area contributed by atoms with Crippen LogP contribution in [0.4, 0.5) is 0 Å². The van der Waals surface area contributed by atoms with Crippen molar-refractivity contribution in [3.8, 4) is 0 Å². The Kier molecular flexibility index (Phi) is 3.23. The summed E-state index contributed by atoms with van der Waals surface area (Å²) in [5.41, 5.74) is 2.59. The molecule has 2 nitrogen and oxygen atoms in total. The molecule has 0 atom stereocenters. The van der Waals surface area contributed by atoms with Gasteiger partial charge in [-0.2, -0.15) is 0 Å². The van der Waals surface area contributed by atoms with Gasteiger partial charge in [0.25, 0.3) is 0 Å². The number of aryl methyl sites for hydroxylation is 1. The molecular weight excluding hydrogens is 148 g/mol. The number of rotatable bonds is 3. The second-order valence-corrected chi connectivity index (χ2v) is 3.34. The molecule has 12 heavy (non-hydrogen) atoms. The van der Waals surface area contributed by atoms with E-state index < -0.39 is 0 Å². The number of nitrogens with one attached hydrogen (secondary N) is 1. The van der Waals surface area contributed by atoms with Gasteiger partial charge in [0.1, 0.15) is 0 Å². The van der Waals surface area contributed by atoms with Crippen molar-refractivity contribution in [1.29, 1.82) is 0 Å². The first kappa shape index (κ1) is 9.20. The van der Waals surface area contributed by atoms with Crippen LogP contribution in [0.2, 0.25) is 0 Å². The topological polar surface area (TPSA) is 24.9 Å². The van der Waals surface area contributed by atoms with Crippen LogP contribution in [0.15, 0.2) is 18.5 Å². The van der Waals surface area contributed by atoms with Gasteiger partial charge < -0.3 is 5.32 Å². The molecule has 0 unspecified atom stereocenters. The first-order valence-electron chi connectivity index (χ1n) is 4.33. The zero-order chi connectivity index (χ0) is 8.97. The molecule has 0 aliphatic heterocycles. The average Bonchev–Trinajstić information content (AvgIpc) is 2.03. The zero-order valence-corrected chi connectivity index (χ0v) is 7.96. The lowest BCUT2D eigenvalue weighted by molar-refractivity contribution is 0.587. The minimum absolute atomic E-state index is 0.539. The number of aromatic nitrogens is 1. The third kappa shape index (κ3) is 2.62. The number of nitrogens with zero attached hydrogens (tertiary/aromatic N) is 1. The summed E-state index contributed by atoms with van der Waals surface area (Å²) in [5, 5.41) is 3.37. The zero-order valence-electron chi connectivity index (χ0n) is 7.96. The number of hydrogen-bond donors (Lipinski definition) is 1. The van der Waals surface area contributed by atoms with Gasteiger partial charge in [0.2, 0.25) is 0 Å². The van der Waals surface area contributed by atoms with Gasteiger partial charge in [-0.05, 0) is 24.1 Å². The molecule has 1 N–H and O–H groups in total. The Hall–Kier alpha value is -0.890. The minimum Gasteiger partial charge on any atom is -0.310 e. The molecule has 0 saturated heterocycles. The smallest absolute Gasteiger partial charge is 0.0300 e. The Balaban J connectivity index is 2.57. The second kappa shape index (κ2) is 4.21. The molecule has 0 amide bonds. The summed E-state index contributed by atoms with van der Waals surface area (Å²) in [6, 6.07) is 2.60. The lowest BCUT2D eigenvalue weighted by Gasteiger charge is -2.09. The quantitative estimate of drug-likeness (QED) is 0.738. The van der Waals surface area contributed by atoms with E-state index in [4.69, 9.17) is 0 Å². The largest absolute Gasteiger partial charge is 0.310 e. The van der Waals surface area contributed by atoms with Crippen molar-refractivity contribution in [2.75, 3.05) is 0 Å². The first-order valence-corrected chi connectivity index (χ1v) is 4.33. The molecule has 0 aliphatic rings. The molecule has 1 aromatic heterocycles. The van der Waals surface area contributed by atoms with Gasteiger partial charge in [-0.3, -0.25) is 4.98 Å². The molecular formula is C10H16N2. The molecule has 66 valence electrons. The van der Waals surface area contributed by atoms with Crippen molar-refractivity contribution >= 4 is 0 Å². The summed E-state index contributed by atoms with van der Waals surface area (Å²) < 4.78 is 0. The number of hydrogen-bond acceptors (Lipinski definition) is 2. The molecule has 1 heterocycles. The van der Waals surface area contributed by atoms with Crippen LogP contribution in [0, 0.1) is 6.92 Å². The lowest BCUT2D eigenvalue weighted by Crippen LogP contribution is -2.22. The van der Waals surface area contributed by atoms with Crippen LogP contribution >= 0.6 is 0 Å². The van der Waals surface area contributed by atoms with E-state index in [0.29, 0.717) is 6.04 Å². The predicted molar refractivity (Wildman–Crippen MR) is 50.9 cm³/mol. The highest BCUT2D eigenvalue weighted by atomic mass is 14.9. The van der Waals surface area contributed by atoms with E-state index in [-0.39, 0.29) is 0 Å². The van der Waals surface area contributed by atoms with E-state index >= 15 is 0 Å². The van der Waals surface area contributed by atoms with Crippen LogP contribution in [0.1, 0.15) is 25.0 Å². The Morgan fingerprint density at radius 1 is 1.50 bits per heavy atom. The maximum atomic E-state index is 4.04. The molecule has 0 spiro atoms. The van der Waals surface area contributed by atoms with Crippen LogP contribution in [-0.2, 0) is 6.54 Å². The fourth-order valence-electron chi connectivity index (χ4n) is 1.01. The van der Waals surface area contributed by atoms with Crippen LogP contribution in [-0.4, -0.2) is 11.0 Å². The van der Waals surface area contributed by atoms with Crippen LogP contribution < -0.4 is 5.32 Å². The monoisotopic (exact) mass is 164 g/mol. The molecule has 0 saturated carbocycles. The van der Waals surface area contributed by atoms with Gasteiger partial charge in [-0.15, -0.1) is 0 Å². The summed E-state index contributed by atoms with van der Waals surface area (Å²) in [7, 11) is 0. The van der Waals surface area contributed by atoms with Crippen molar-refractivity contribution < 1.29 is 0 Å². The summed E-state index contributed by atoms with van der Waals surface area (Å²) in [5.74, 6) is 0. The van der Waals surface area contributed by atoms with E-state index in [2.05, 4.69) is 37.1 Å². The predicted octanol–water partition coefficient (Wildman–Crippen LogP) is 1.89. The molecule has 0 aromatic carbocycles. The van der Waals surface area contributed by atoms with Crippen LogP contribution in [0.3, 0.4) is 0 Å². The Bertz CT molecular complexity index is 243. The van der Waals surface area contributed by atoms with Crippen molar-refractivity contribution in [2.24, 2.45) is 0 Å². The van der Waals surface area contributed by atoms with Crippen molar-refractivity contribution in [3.63, 3.8) is 0 Å². The normalized spacial score (nSPS) is 10.7. The van der Waals surface area contributed by atoms with Crippen LogP contribution in [0.25, 0.3) is 0 Å². The third-order valence-corrected chi connectivity index (χ3v) is 1.84. The third-order valence-electron chi connectivity index (χ3n) is 1.84. The summed E-state index contributed by atoms with van der Waals surface area (Å²) >= 11 is 0. The van der Waals surface area contributed by atoms with Gasteiger partial charge in [-0.25, -0.2) is 0 Å². The van der Waals surface area contributed by atoms with E-state index in [1.165, 1.54) is 11.1 Å². The van der Waals surface area contributed by atoms with E-state index in [1.807, 2.05) is 12.4 Å². The lowest BCUT2D eigenvalue weighted by atomic mass is 10.1. The SMILES string of the molecule is Cc1cnccc1CNC(C)C. The van der Waals surface area contributed by atoms with Gasteiger partial charge in [0, 0.05) is 25.0 Å². The van der Waals surface area contributed by atoms with Gasteiger partial charge in [0.15, 0.2) is 0 Å². The maximum Gasteiger partial charge on any atom is 0.0300 e. The highest BCUT2D eigenvalue weighted by molar-refractivity contribution is 5.21. The highest BCUT2D eigenvalue weighted by Crippen LogP contribution is 2.04. The number of pyridine rings is 1. The van der Waals surface area contributed by atoms with Crippen LogP contribution in [0.5, 0.6) is 0 Å². The molecule has 0 radical (unpaired) electrons. The fourth-order valence-corrected chi connectivity index (χ4v) is 1.01. The van der Waals surface area contributed by atoms with Gasteiger partial charge in [0.05, 0.1) is 0 Å². The van der Waals surface area contributed by atoms with Crippen molar-refractivity contribution in [3.05, 3.63) is 29.6 Å². The van der Waals surface area contributed by atoms with E-state index in [9.17, 15) is 0 Å². The molecule has 0 bridgehead atoms. The first-order chi connectivity index (χ1) is 5.70. The van der Waals surface area contributed by atoms with E-state index in [1.54, 1.807) is 0 Å². The standard InChI is InChI=1S/C10H16N2/c1-8(2)12-7-10-4-5-11-6-9(10)3/h4-6,8,12H,7H2,1-3H3. The second-order valence-electron chi connectivity index (χ2n) is 3.34. The maximum absolute atomic E-state index is 4.04. The summed E-state index contributed by atoms with van der Waals surface area (Å²) in [6.45, 7) is 7.32. The Morgan fingerprint density at radius 2 is 2.25 bits per heavy atom. The molecule has 0 fully saturated rings.